The van der Waals surface area contributed by atoms with Gasteiger partial charge < -0.3 is 0 Å². The van der Waals surface area contributed by atoms with Gasteiger partial charge in [0.1, 0.15) is 0 Å². The Morgan fingerprint density at radius 2 is 0.870 bits per heavy atom. The summed E-state index contributed by atoms with van der Waals surface area (Å²) in [6, 6.07) is 57.9. The minimum absolute atomic E-state index is 0.403. The van der Waals surface area contributed by atoms with E-state index in [0.717, 1.165) is 0 Å². The maximum absolute atomic E-state index is 2.55. The Kier molecular flexibility index (Phi) is 4.63. The van der Waals surface area contributed by atoms with Gasteiger partial charge in [0.25, 0.3) is 0 Å². The highest BCUT2D eigenvalue weighted by atomic mass is 32.1. The average Bonchev–Trinajstić information content (AvgIpc) is 3.72. The van der Waals surface area contributed by atoms with Gasteiger partial charge in [-0.25, -0.2) is 0 Å². The third-order valence-corrected chi connectivity index (χ3v) is 12.4. The van der Waals surface area contributed by atoms with E-state index in [1.807, 2.05) is 11.3 Å². The van der Waals surface area contributed by atoms with E-state index in [1.54, 1.807) is 0 Å². The summed E-state index contributed by atoms with van der Waals surface area (Å²) in [6.07, 6.45) is 0. The lowest BCUT2D eigenvalue weighted by Crippen LogP contribution is -2.43. The van der Waals surface area contributed by atoms with Gasteiger partial charge >= 0.3 is 0 Å². The van der Waals surface area contributed by atoms with Crippen LogP contribution in [-0.2, 0) is 10.8 Å². The third kappa shape index (κ3) is 2.67. The number of fused-ring (bicyclic) bond motifs is 19. The van der Waals surface area contributed by atoms with Crippen LogP contribution in [0.2, 0.25) is 0 Å². The van der Waals surface area contributed by atoms with Gasteiger partial charge in [-0.3, -0.25) is 0 Å². The van der Waals surface area contributed by atoms with Crippen molar-refractivity contribution < 1.29 is 0 Å². The summed E-state index contributed by atoms with van der Waals surface area (Å²) in [4.78, 5) is 0. The van der Waals surface area contributed by atoms with Crippen molar-refractivity contribution in [1.82, 2.24) is 0 Å². The Bertz CT molecular complexity index is 2520. The van der Waals surface area contributed by atoms with Crippen molar-refractivity contribution >= 4 is 31.5 Å². The zero-order chi connectivity index (χ0) is 30.2. The van der Waals surface area contributed by atoms with Gasteiger partial charge in [-0.2, -0.15) is 0 Å². The maximum Gasteiger partial charge on any atom is 0.0720 e. The molecule has 0 saturated heterocycles. The molecule has 3 aliphatic carbocycles. The van der Waals surface area contributed by atoms with Crippen LogP contribution >= 0.6 is 11.3 Å². The molecule has 0 amide bonds. The molecule has 0 saturated carbocycles. The molecule has 0 bridgehead atoms. The topological polar surface area (TPSA) is 0 Å². The van der Waals surface area contributed by atoms with Crippen LogP contribution in [0.1, 0.15) is 50.1 Å². The number of benzene rings is 7. The molecule has 0 aliphatic heterocycles. The molecule has 0 N–H and O–H groups in total. The molecule has 214 valence electrons. The first kappa shape index (κ1) is 25.0. The van der Waals surface area contributed by atoms with Crippen LogP contribution in [0, 0.1) is 6.92 Å². The van der Waals surface area contributed by atoms with Crippen molar-refractivity contribution in [1.29, 1.82) is 0 Å². The molecule has 0 nitrogen and oxygen atoms in total. The first-order chi connectivity index (χ1) is 22.7. The van der Waals surface area contributed by atoms with Crippen molar-refractivity contribution in [2.24, 2.45) is 0 Å². The normalized spacial score (nSPS) is 15.4. The van der Waals surface area contributed by atoms with Crippen LogP contribution in [0.5, 0.6) is 0 Å². The summed E-state index contributed by atoms with van der Waals surface area (Å²) in [6.45, 7) is 2.29. The molecule has 3 aliphatic rings. The SMILES string of the molecule is Cc1cccc2c1-c1cc3c(cc1C21c2ccccc2C2(c4ccccc4-c4ccccc42)c2ccccc21)sc1ccccc13. The molecule has 2 spiro atoms. The third-order valence-electron chi connectivity index (χ3n) is 11.3. The highest BCUT2D eigenvalue weighted by molar-refractivity contribution is 7.25. The molecule has 11 rings (SSSR count). The van der Waals surface area contributed by atoms with E-state index < -0.39 is 10.8 Å². The Labute approximate surface area is 272 Å². The van der Waals surface area contributed by atoms with Crippen LogP contribution in [0.4, 0.5) is 0 Å². The summed E-state index contributed by atoms with van der Waals surface area (Å²) in [7, 11) is 0. The van der Waals surface area contributed by atoms with Gasteiger partial charge in [0.15, 0.2) is 0 Å². The first-order valence-electron chi connectivity index (χ1n) is 16.2. The quantitative estimate of drug-likeness (QED) is 0.162. The number of hydrogen-bond donors (Lipinski definition) is 0. The molecule has 46 heavy (non-hydrogen) atoms. The van der Waals surface area contributed by atoms with E-state index in [0.29, 0.717) is 0 Å². The number of rotatable bonds is 0. The summed E-state index contributed by atoms with van der Waals surface area (Å²) in [5.74, 6) is 0. The molecule has 1 heterocycles. The van der Waals surface area contributed by atoms with Crippen LogP contribution in [0.25, 0.3) is 42.4 Å². The van der Waals surface area contributed by atoms with E-state index in [2.05, 4.69) is 159 Å². The number of aryl methyl sites for hydroxylation is 1. The van der Waals surface area contributed by atoms with Crippen molar-refractivity contribution in [3.05, 3.63) is 202 Å². The van der Waals surface area contributed by atoms with E-state index >= 15 is 0 Å². The van der Waals surface area contributed by atoms with Crippen molar-refractivity contribution in [3.8, 4) is 22.3 Å². The van der Waals surface area contributed by atoms with Gasteiger partial charge in [-0.1, -0.05) is 133 Å². The molecular formula is C45H28S. The van der Waals surface area contributed by atoms with Gasteiger partial charge in [-0.15, -0.1) is 11.3 Å². The zero-order valence-corrected chi connectivity index (χ0v) is 26.2. The minimum atomic E-state index is -0.439. The lowest BCUT2D eigenvalue weighted by molar-refractivity contribution is 0.633. The number of thiophene rings is 1. The fourth-order valence-electron chi connectivity index (χ4n) is 9.73. The fourth-order valence-corrected chi connectivity index (χ4v) is 10.9. The molecule has 7 aromatic carbocycles. The summed E-state index contributed by atoms with van der Waals surface area (Å²) >= 11 is 1.92. The van der Waals surface area contributed by atoms with Crippen LogP contribution < -0.4 is 0 Å². The molecule has 0 fully saturated rings. The lowest BCUT2D eigenvalue weighted by atomic mass is 9.52. The summed E-state index contributed by atoms with van der Waals surface area (Å²) in [5.41, 5.74) is 17.1. The van der Waals surface area contributed by atoms with Gasteiger partial charge in [0, 0.05) is 20.2 Å². The highest BCUT2D eigenvalue weighted by Gasteiger charge is 2.59. The molecule has 1 heteroatoms. The molecule has 1 aromatic heterocycles. The standard InChI is InChI=1S/C45H28S/c1-27-13-12-23-39-43(27)32-25-31-30-16-4-11-24-41(30)46-42(31)26-40(32)45(39)37-21-9-7-19-35(37)44(36-20-8-10-22-38(36)45)33-17-5-2-14-28(33)29-15-3-6-18-34(29)44/h2-26H,1H3. The molecule has 0 unspecified atom stereocenters. The number of hydrogen-bond acceptors (Lipinski definition) is 1. The Morgan fingerprint density at radius 3 is 1.50 bits per heavy atom. The van der Waals surface area contributed by atoms with E-state index in [4.69, 9.17) is 0 Å². The summed E-state index contributed by atoms with van der Waals surface area (Å²) < 4.78 is 2.71. The van der Waals surface area contributed by atoms with Gasteiger partial charge in [0.2, 0.25) is 0 Å². The second-order valence-electron chi connectivity index (χ2n) is 13.2. The maximum atomic E-state index is 2.55. The predicted octanol–water partition coefficient (Wildman–Crippen LogP) is 11.4. The predicted molar refractivity (Wildman–Crippen MR) is 192 cm³/mol. The fraction of sp³-hybridized carbons (Fsp3) is 0.0667. The average molecular weight is 601 g/mol. The Morgan fingerprint density at radius 1 is 0.370 bits per heavy atom. The van der Waals surface area contributed by atoms with Crippen molar-refractivity contribution in [2.45, 2.75) is 17.8 Å². The van der Waals surface area contributed by atoms with Crippen LogP contribution in [0.3, 0.4) is 0 Å². The summed E-state index contributed by atoms with van der Waals surface area (Å²) in [5, 5.41) is 2.71. The minimum Gasteiger partial charge on any atom is -0.135 e. The van der Waals surface area contributed by atoms with Crippen molar-refractivity contribution in [3.63, 3.8) is 0 Å². The largest absolute Gasteiger partial charge is 0.135 e. The van der Waals surface area contributed by atoms with Gasteiger partial charge in [0.05, 0.1) is 10.8 Å². The second-order valence-corrected chi connectivity index (χ2v) is 14.3. The van der Waals surface area contributed by atoms with E-state index in [-0.39, 0.29) is 0 Å². The zero-order valence-electron chi connectivity index (χ0n) is 25.3. The second kappa shape index (κ2) is 8.51. The highest BCUT2D eigenvalue weighted by Crippen LogP contribution is 2.68. The molecular weight excluding hydrogens is 573 g/mol. The Hall–Kier alpha value is -5.24. The molecule has 8 aromatic rings. The van der Waals surface area contributed by atoms with E-state index in [9.17, 15) is 0 Å². The Balaban J connectivity index is 1.36. The molecule has 0 atom stereocenters. The van der Waals surface area contributed by atoms with Crippen LogP contribution in [-0.4, -0.2) is 0 Å². The lowest BCUT2D eigenvalue weighted by Gasteiger charge is -2.48. The van der Waals surface area contributed by atoms with Crippen LogP contribution in [0.15, 0.2) is 152 Å². The molecule has 0 radical (unpaired) electrons. The first-order valence-corrected chi connectivity index (χ1v) is 17.0. The van der Waals surface area contributed by atoms with Gasteiger partial charge in [-0.05, 0) is 97.4 Å². The smallest absolute Gasteiger partial charge is 0.0720 e. The van der Waals surface area contributed by atoms with E-state index in [1.165, 1.54) is 92.5 Å². The van der Waals surface area contributed by atoms with Crippen molar-refractivity contribution in [2.75, 3.05) is 0 Å². The monoisotopic (exact) mass is 600 g/mol.